The predicted molar refractivity (Wildman–Crippen MR) is 60.6 cm³/mol. The first-order valence-electron chi connectivity index (χ1n) is 5.54. The average molecular weight is 207 g/mol. The topological polar surface area (TPSA) is 30.5 Å². The van der Waals surface area contributed by atoms with Gasteiger partial charge >= 0.3 is 0 Å². The lowest BCUT2D eigenvalue weighted by molar-refractivity contribution is 0.174. The van der Waals surface area contributed by atoms with E-state index >= 15 is 0 Å². The minimum Gasteiger partial charge on any atom is -0.454 e. The third-order valence-corrected chi connectivity index (χ3v) is 2.49. The standard InChI is InChI=1S/C12H17NO2/c1-2-3-4-8-13-10-6-5-7-11-12(10)15-9-14-11/h5-7,13H,2-4,8-9H2,1H3. The number of fused-ring (bicyclic) bond motifs is 1. The van der Waals surface area contributed by atoms with Gasteiger partial charge in [0.1, 0.15) is 0 Å². The number of anilines is 1. The first-order valence-corrected chi connectivity index (χ1v) is 5.54. The molecule has 0 radical (unpaired) electrons. The van der Waals surface area contributed by atoms with E-state index in [0.29, 0.717) is 6.79 Å². The molecule has 3 heteroatoms. The number of ether oxygens (including phenoxy) is 2. The van der Waals surface area contributed by atoms with Gasteiger partial charge in [0.25, 0.3) is 0 Å². The van der Waals surface area contributed by atoms with Gasteiger partial charge in [0.2, 0.25) is 6.79 Å². The van der Waals surface area contributed by atoms with Crippen LogP contribution in [0.3, 0.4) is 0 Å². The molecule has 1 aromatic carbocycles. The fraction of sp³-hybridized carbons (Fsp3) is 0.500. The van der Waals surface area contributed by atoms with Gasteiger partial charge in [-0.3, -0.25) is 0 Å². The molecule has 1 aromatic rings. The van der Waals surface area contributed by atoms with Crippen molar-refractivity contribution < 1.29 is 9.47 Å². The number of para-hydroxylation sites is 1. The van der Waals surface area contributed by atoms with Gasteiger partial charge in [-0.05, 0) is 18.6 Å². The first kappa shape index (κ1) is 10.1. The second-order valence-corrected chi connectivity index (χ2v) is 3.67. The lowest BCUT2D eigenvalue weighted by atomic mass is 10.2. The van der Waals surface area contributed by atoms with Gasteiger partial charge in [-0.1, -0.05) is 25.8 Å². The van der Waals surface area contributed by atoms with Gasteiger partial charge in [0.05, 0.1) is 5.69 Å². The Balaban J connectivity index is 1.94. The summed E-state index contributed by atoms with van der Waals surface area (Å²) in [5.41, 5.74) is 1.04. The minimum absolute atomic E-state index is 0.336. The van der Waals surface area contributed by atoms with E-state index in [1.54, 1.807) is 0 Å². The van der Waals surface area contributed by atoms with Crippen molar-refractivity contribution in [1.29, 1.82) is 0 Å². The first-order chi connectivity index (χ1) is 7.42. The highest BCUT2D eigenvalue weighted by Crippen LogP contribution is 2.38. The fourth-order valence-corrected chi connectivity index (χ4v) is 1.67. The predicted octanol–water partition coefficient (Wildman–Crippen LogP) is 3.02. The molecule has 0 amide bonds. The Morgan fingerprint density at radius 1 is 1.27 bits per heavy atom. The van der Waals surface area contributed by atoms with Gasteiger partial charge < -0.3 is 14.8 Å². The van der Waals surface area contributed by atoms with E-state index < -0.39 is 0 Å². The molecule has 0 atom stereocenters. The molecule has 2 rings (SSSR count). The molecule has 0 aliphatic carbocycles. The summed E-state index contributed by atoms with van der Waals surface area (Å²) < 4.78 is 10.7. The maximum Gasteiger partial charge on any atom is 0.231 e. The van der Waals surface area contributed by atoms with Gasteiger partial charge in [0.15, 0.2) is 11.5 Å². The molecule has 0 spiro atoms. The Hall–Kier alpha value is -1.38. The van der Waals surface area contributed by atoms with Crippen molar-refractivity contribution in [3.05, 3.63) is 18.2 Å². The van der Waals surface area contributed by atoms with Gasteiger partial charge in [-0.25, -0.2) is 0 Å². The number of benzene rings is 1. The molecular formula is C12H17NO2. The highest BCUT2D eigenvalue weighted by Gasteiger charge is 2.16. The molecule has 0 fully saturated rings. The zero-order chi connectivity index (χ0) is 10.5. The second kappa shape index (κ2) is 4.91. The summed E-state index contributed by atoms with van der Waals surface area (Å²) in [5, 5.41) is 3.37. The highest BCUT2D eigenvalue weighted by atomic mass is 16.7. The molecular weight excluding hydrogens is 190 g/mol. The van der Waals surface area contributed by atoms with E-state index in [9.17, 15) is 0 Å². The quantitative estimate of drug-likeness (QED) is 0.753. The van der Waals surface area contributed by atoms with Crippen LogP contribution in [0.2, 0.25) is 0 Å². The van der Waals surface area contributed by atoms with E-state index in [4.69, 9.17) is 9.47 Å². The number of nitrogens with one attached hydrogen (secondary N) is 1. The Morgan fingerprint density at radius 2 is 2.20 bits per heavy atom. The zero-order valence-electron chi connectivity index (χ0n) is 9.08. The van der Waals surface area contributed by atoms with Crippen LogP contribution >= 0.6 is 0 Å². The summed E-state index contributed by atoms with van der Waals surface area (Å²) >= 11 is 0. The normalized spacial score (nSPS) is 12.9. The van der Waals surface area contributed by atoms with Crippen LogP contribution in [0, 0.1) is 0 Å². The Bertz CT molecular complexity index is 325. The van der Waals surface area contributed by atoms with Crippen LogP contribution in [0.15, 0.2) is 18.2 Å². The number of hydrogen-bond donors (Lipinski definition) is 1. The zero-order valence-corrected chi connectivity index (χ0v) is 9.08. The van der Waals surface area contributed by atoms with Gasteiger partial charge in [-0.15, -0.1) is 0 Å². The number of rotatable bonds is 5. The van der Waals surface area contributed by atoms with Crippen molar-refractivity contribution in [1.82, 2.24) is 0 Å². The summed E-state index contributed by atoms with van der Waals surface area (Å²) in [6.45, 7) is 3.54. The molecule has 0 aromatic heterocycles. The molecule has 15 heavy (non-hydrogen) atoms. The summed E-state index contributed by atoms with van der Waals surface area (Å²) in [6, 6.07) is 5.94. The molecule has 0 saturated heterocycles. The molecule has 0 bridgehead atoms. The highest BCUT2D eigenvalue weighted by molar-refractivity contribution is 5.64. The van der Waals surface area contributed by atoms with Crippen LogP contribution in [0.25, 0.3) is 0 Å². The molecule has 82 valence electrons. The monoisotopic (exact) mass is 207 g/mol. The number of hydrogen-bond acceptors (Lipinski definition) is 3. The van der Waals surface area contributed by atoms with E-state index in [0.717, 1.165) is 23.7 Å². The van der Waals surface area contributed by atoms with Crippen molar-refractivity contribution in [2.45, 2.75) is 26.2 Å². The molecule has 3 nitrogen and oxygen atoms in total. The van der Waals surface area contributed by atoms with E-state index in [1.807, 2.05) is 18.2 Å². The summed E-state index contributed by atoms with van der Waals surface area (Å²) in [4.78, 5) is 0. The Morgan fingerprint density at radius 3 is 3.07 bits per heavy atom. The van der Waals surface area contributed by atoms with Crippen molar-refractivity contribution >= 4 is 5.69 Å². The Kier molecular flexibility index (Phi) is 3.33. The lowest BCUT2D eigenvalue weighted by Crippen LogP contribution is -2.02. The molecule has 1 heterocycles. The lowest BCUT2D eigenvalue weighted by Gasteiger charge is -2.08. The van der Waals surface area contributed by atoms with Crippen molar-refractivity contribution in [3.63, 3.8) is 0 Å². The third kappa shape index (κ3) is 2.35. The summed E-state index contributed by atoms with van der Waals surface area (Å²) in [7, 11) is 0. The molecule has 1 N–H and O–H groups in total. The van der Waals surface area contributed by atoms with E-state index in [-0.39, 0.29) is 0 Å². The third-order valence-electron chi connectivity index (χ3n) is 2.49. The molecule has 0 saturated carbocycles. The van der Waals surface area contributed by atoms with Crippen LogP contribution in [0.5, 0.6) is 11.5 Å². The largest absolute Gasteiger partial charge is 0.454 e. The fourth-order valence-electron chi connectivity index (χ4n) is 1.67. The summed E-state index contributed by atoms with van der Waals surface area (Å²) in [6.07, 6.45) is 3.70. The van der Waals surface area contributed by atoms with Crippen molar-refractivity contribution in [2.75, 3.05) is 18.7 Å². The Labute approximate surface area is 90.4 Å². The van der Waals surface area contributed by atoms with Crippen LogP contribution in [0.4, 0.5) is 5.69 Å². The number of unbranched alkanes of at least 4 members (excludes halogenated alkanes) is 2. The van der Waals surface area contributed by atoms with Gasteiger partial charge in [-0.2, -0.15) is 0 Å². The van der Waals surface area contributed by atoms with Crippen molar-refractivity contribution in [3.8, 4) is 11.5 Å². The molecule has 0 unspecified atom stereocenters. The smallest absolute Gasteiger partial charge is 0.231 e. The van der Waals surface area contributed by atoms with Gasteiger partial charge in [0, 0.05) is 6.54 Å². The van der Waals surface area contributed by atoms with Crippen molar-refractivity contribution in [2.24, 2.45) is 0 Å². The van der Waals surface area contributed by atoms with Crippen LogP contribution in [-0.2, 0) is 0 Å². The van der Waals surface area contributed by atoms with E-state index in [2.05, 4.69) is 12.2 Å². The second-order valence-electron chi connectivity index (χ2n) is 3.67. The minimum atomic E-state index is 0.336. The average Bonchev–Trinajstić information content (AvgIpc) is 2.73. The maximum atomic E-state index is 5.40. The van der Waals surface area contributed by atoms with Crippen LogP contribution in [0.1, 0.15) is 26.2 Å². The molecule has 1 aliphatic heterocycles. The SMILES string of the molecule is CCCCCNc1cccc2c1OCO2. The van der Waals surface area contributed by atoms with E-state index in [1.165, 1.54) is 19.3 Å². The maximum absolute atomic E-state index is 5.40. The molecule has 1 aliphatic rings. The summed E-state index contributed by atoms with van der Waals surface area (Å²) in [5.74, 6) is 1.70. The van der Waals surface area contributed by atoms with Crippen LogP contribution in [-0.4, -0.2) is 13.3 Å². The van der Waals surface area contributed by atoms with Crippen LogP contribution < -0.4 is 14.8 Å².